The molecule has 1 rings (SSSR count). The van der Waals surface area contributed by atoms with E-state index in [2.05, 4.69) is 24.1 Å². The number of nitrogens with one attached hydrogen (secondary N) is 1. The van der Waals surface area contributed by atoms with Crippen LogP contribution >= 0.6 is 0 Å². The molecule has 1 amide bonds. The lowest BCUT2D eigenvalue weighted by molar-refractivity contribution is -0.135. The normalized spacial score (nSPS) is 20.8. The van der Waals surface area contributed by atoms with Gasteiger partial charge in [-0.1, -0.05) is 26.7 Å². The van der Waals surface area contributed by atoms with Gasteiger partial charge in [-0.3, -0.25) is 4.79 Å². The van der Waals surface area contributed by atoms with E-state index in [1.54, 1.807) is 0 Å². The first-order valence-electron chi connectivity index (χ1n) is 6.68. The van der Waals surface area contributed by atoms with Gasteiger partial charge in [0.05, 0.1) is 0 Å². The molecule has 1 heterocycles. The number of nitrogens with zero attached hydrogens (tertiary/aromatic N) is 1. The van der Waals surface area contributed by atoms with E-state index in [1.807, 2.05) is 7.05 Å². The molecule has 0 aliphatic carbocycles. The van der Waals surface area contributed by atoms with E-state index in [1.165, 1.54) is 0 Å². The summed E-state index contributed by atoms with van der Waals surface area (Å²) in [6, 6.07) is 0.507. The Morgan fingerprint density at radius 2 is 2.00 bits per heavy atom. The number of likely N-dealkylation sites (N-methyl/N-ethyl adjacent to an activating group) is 1. The fraction of sp³-hybridized carbons (Fsp3) is 0.923. The zero-order chi connectivity index (χ0) is 12.0. The number of amides is 1. The Morgan fingerprint density at radius 1 is 1.38 bits per heavy atom. The summed E-state index contributed by atoms with van der Waals surface area (Å²) in [5.74, 6) is 0.659. The van der Waals surface area contributed by atoms with Crippen LogP contribution in [0, 0.1) is 5.92 Å². The third kappa shape index (κ3) is 3.48. The van der Waals surface area contributed by atoms with Crippen LogP contribution in [-0.4, -0.2) is 37.0 Å². The molecule has 1 aliphatic heterocycles. The van der Waals surface area contributed by atoms with E-state index in [4.69, 9.17) is 0 Å². The van der Waals surface area contributed by atoms with Crippen molar-refractivity contribution in [3.63, 3.8) is 0 Å². The maximum atomic E-state index is 12.3. The minimum absolute atomic E-state index is 0.269. The Kier molecular flexibility index (Phi) is 5.81. The molecule has 0 spiro atoms. The van der Waals surface area contributed by atoms with Crippen LogP contribution in [0.5, 0.6) is 0 Å². The van der Waals surface area contributed by atoms with Gasteiger partial charge >= 0.3 is 0 Å². The third-order valence-corrected chi connectivity index (χ3v) is 3.53. The van der Waals surface area contributed by atoms with Crippen LogP contribution < -0.4 is 5.32 Å². The van der Waals surface area contributed by atoms with Gasteiger partial charge in [-0.15, -0.1) is 0 Å². The van der Waals surface area contributed by atoms with Crippen LogP contribution in [0.1, 0.15) is 46.0 Å². The van der Waals surface area contributed by atoms with Crippen molar-refractivity contribution in [2.75, 3.05) is 20.1 Å². The van der Waals surface area contributed by atoms with Crippen molar-refractivity contribution in [1.82, 2.24) is 10.2 Å². The molecule has 3 nitrogen and oxygen atoms in total. The molecule has 3 heteroatoms. The number of rotatable bonds is 6. The second kappa shape index (κ2) is 6.89. The minimum Gasteiger partial charge on any atom is -0.341 e. The number of hydrogen-bond donors (Lipinski definition) is 1. The van der Waals surface area contributed by atoms with Gasteiger partial charge in [0.15, 0.2) is 0 Å². The predicted molar refractivity (Wildman–Crippen MR) is 67.4 cm³/mol. The van der Waals surface area contributed by atoms with E-state index in [9.17, 15) is 4.79 Å². The van der Waals surface area contributed by atoms with Gasteiger partial charge in [0.2, 0.25) is 5.91 Å². The number of carbonyl (C=O) groups excluding carboxylic acids is 1. The monoisotopic (exact) mass is 226 g/mol. The van der Waals surface area contributed by atoms with Crippen LogP contribution in [0.2, 0.25) is 0 Å². The van der Waals surface area contributed by atoms with E-state index in [0.29, 0.717) is 11.9 Å². The summed E-state index contributed by atoms with van der Waals surface area (Å²) >= 11 is 0. The lowest BCUT2D eigenvalue weighted by Crippen LogP contribution is -2.37. The first-order chi connectivity index (χ1) is 7.72. The van der Waals surface area contributed by atoms with Crippen molar-refractivity contribution in [3.05, 3.63) is 0 Å². The maximum absolute atomic E-state index is 12.3. The molecule has 1 N–H and O–H groups in total. The molecule has 0 aromatic carbocycles. The zero-order valence-electron chi connectivity index (χ0n) is 11.0. The van der Waals surface area contributed by atoms with E-state index in [-0.39, 0.29) is 5.92 Å². The van der Waals surface area contributed by atoms with Gasteiger partial charge in [0.1, 0.15) is 0 Å². The number of likely N-dealkylation sites (tertiary alicyclic amines) is 1. The molecule has 1 fully saturated rings. The second-order valence-electron chi connectivity index (χ2n) is 4.83. The molecule has 0 bridgehead atoms. The molecule has 0 aromatic rings. The number of carbonyl (C=O) groups is 1. The Balaban J connectivity index is 2.47. The topological polar surface area (TPSA) is 32.3 Å². The minimum atomic E-state index is 0.269. The Bertz CT molecular complexity index is 212. The van der Waals surface area contributed by atoms with Crippen molar-refractivity contribution in [2.45, 2.75) is 52.0 Å². The third-order valence-electron chi connectivity index (χ3n) is 3.53. The molecule has 0 saturated carbocycles. The van der Waals surface area contributed by atoms with Gasteiger partial charge in [-0.05, 0) is 26.3 Å². The van der Waals surface area contributed by atoms with E-state index >= 15 is 0 Å². The van der Waals surface area contributed by atoms with Gasteiger partial charge in [0, 0.05) is 25.0 Å². The quantitative estimate of drug-likeness (QED) is 0.751. The van der Waals surface area contributed by atoms with Crippen molar-refractivity contribution in [3.8, 4) is 0 Å². The van der Waals surface area contributed by atoms with Crippen molar-refractivity contribution in [2.24, 2.45) is 5.92 Å². The van der Waals surface area contributed by atoms with Crippen LogP contribution in [0.3, 0.4) is 0 Å². The molecule has 16 heavy (non-hydrogen) atoms. The molecule has 1 saturated heterocycles. The van der Waals surface area contributed by atoms with Crippen LogP contribution in [-0.2, 0) is 4.79 Å². The van der Waals surface area contributed by atoms with Crippen molar-refractivity contribution >= 4 is 5.91 Å². The van der Waals surface area contributed by atoms with Crippen LogP contribution in [0.4, 0.5) is 0 Å². The highest BCUT2D eigenvalue weighted by molar-refractivity contribution is 5.79. The number of hydrogen-bond acceptors (Lipinski definition) is 2. The molecule has 1 atom stereocenters. The van der Waals surface area contributed by atoms with Gasteiger partial charge < -0.3 is 10.2 Å². The standard InChI is InChI=1S/C13H26N2O/c1-4-6-11(7-5-2)13(16)15-9-8-12(10-15)14-3/h11-12,14H,4-10H2,1-3H3. The summed E-state index contributed by atoms with van der Waals surface area (Å²) in [4.78, 5) is 14.3. The molecule has 0 aromatic heterocycles. The predicted octanol–water partition coefficient (Wildman–Crippen LogP) is 2.02. The first kappa shape index (κ1) is 13.5. The first-order valence-corrected chi connectivity index (χ1v) is 6.68. The summed E-state index contributed by atoms with van der Waals surface area (Å²) in [7, 11) is 1.98. The Labute approximate surface area is 99.6 Å². The van der Waals surface area contributed by atoms with Gasteiger partial charge in [-0.25, -0.2) is 0 Å². The highest BCUT2D eigenvalue weighted by Gasteiger charge is 2.29. The second-order valence-corrected chi connectivity index (χ2v) is 4.83. The molecule has 1 unspecified atom stereocenters. The largest absolute Gasteiger partial charge is 0.341 e. The van der Waals surface area contributed by atoms with Gasteiger partial charge in [0.25, 0.3) is 0 Å². The fourth-order valence-electron chi connectivity index (χ4n) is 2.54. The SMILES string of the molecule is CCCC(CCC)C(=O)N1CCC(NC)C1. The van der Waals surface area contributed by atoms with E-state index < -0.39 is 0 Å². The smallest absolute Gasteiger partial charge is 0.225 e. The maximum Gasteiger partial charge on any atom is 0.225 e. The zero-order valence-corrected chi connectivity index (χ0v) is 11.0. The van der Waals surface area contributed by atoms with Crippen LogP contribution in [0.15, 0.2) is 0 Å². The summed E-state index contributed by atoms with van der Waals surface area (Å²) in [6.07, 6.45) is 5.42. The summed E-state index contributed by atoms with van der Waals surface area (Å²) in [6.45, 7) is 6.17. The molecular formula is C13H26N2O. The highest BCUT2D eigenvalue weighted by atomic mass is 16.2. The highest BCUT2D eigenvalue weighted by Crippen LogP contribution is 2.20. The lowest BCUT2D eigenvalue weighted by Gasteiger charge is -2.23. The Morgan fingerprint density at radius 3 is 2.44 bits per heavy atom. The summed E-state index contributed by atoms with van der Waals surface area (Å²) in [5.41, 5.74) is 0. The Hall–Kier alpha value is -0.570. The lowest BCUT2D eigenvalue weighted by atomic mass is 9.97. The van der Waals surface area contributed by atoms with Crippen LogP contribution in [0.25, 0.3) is 0 Å². The average Bonchev–Trinajstić information content (AvgIpc) is 2.76. The molecular weight excluding hydrogens is 200 g/mol. The summed E-state index contributed by atoms with van der Waals surface area (Å²) < 4.78 is 0. The fourth-order valence-corrected chi connectivity index (χ4v) is 2.54. The molecule has 0 radical (unpaired) electrons. The average molecular weight is 226 g/mol. The summed E-state index contributed by atoms with van der Waals surface area (Å²) in [5, 5.41) is 3.26. The van der Waals surface area contributed by atoms with Crippen molar-refractivity contribution in [1.29, 1.82) is 0 Å². The molecule has 1 aliphatic rings. The molecule has 94 valence electrons. The van der Waals surface area contributed by atoms with Crippen molar-refractivity contribution < 1.29 is 4.79 Å². The van der Waals surface area contributed by atoms with E-state index in [0.717, 1.165) is 45.2 Å². The van der Waals surface area contributed by atoms with Gasteiger partial charge in [-0.2, -0.15) is 0 Å².